The van der Waals surface area contributed by atoms with Crippen LogP contribution >= 0.6 is 11.6 Å². The molecule has 0 aliphatic carbocycles. The van der Waals surface area contributed by atoms with Crippen LogP contribution in [0.1, 0.15) is 27.3 Å². The number of sulfonamides is 1. The molecule has 16 heteroatoms. The van der Waals surface area contributed by atoms with Gasteiger partial charge in [-0.1, -0.05) is 66.2 Å². The number of H-pyrrole nitrogens is 1. The number of para-hydroxylation sites is 2. The first-order valence-corrected chi connectivity index (χ1v) is 16.9. The summed E-state index contributed by atoms with van der Waals surface area (Å²) in [5, 5.41) is 14.6. The Hall–Kier alpha value is -5.93. The Morgan fingerprint density at radius 2 is 1.54 bits per heavy atom. The molecule has 1 heterocycles. The zero-order valence-electron chi connectivity index (χ0n) is 26.2. The number of amides is 4. The molecule has 0 bridgehead atoms. The molecule has 258 valence electrons. The molecular weight excluding hydrogens is 688 g/mol. The average molecular weight is 719 g/mol. The van der Waals surface area contributed by atoms with Crippen molar-refractivity contribution in [2.45, 2.75) is 30.6 Å². The summed E-state index contributed by atoms with van der Waals surface area (Å²) in [4.78, 5) is 58.8. The van der Waals surface area contributed by atoms with Crippen LogP contribution in [0, 0.1) is 0 Å². The summed E-state index contributed by atoms with van der Waals surface area (Å²) >= 11 is 5.88. The van der Waals surface area contributed by atoms with Crippen LogP contribution in [0.5, 0.6) is 0 Å². The number of benzene rings is 4. The number of aromatic amines is 1. The Morgan fingerprint density at radius 1 is 0.860 bits per heavy atom. The molecular formula is C34H31ClN6O8S. The van der Waals surface area contributed by atoms with Crippen LogP contribution in [-0.2, 0) is 39.3 Å². The average Bonchev–Trinajstić information content (AvgIpc) is 3.52. The number of imidazole rings is 1. The molecule has 14 nitrogen and oxygen atoms in total. The zero-order chi connectivity index (χ0) is 35.7. The minimum Gasteiger partial charge on any atom is -0.480 e. The van der Waals surface area contributed by atoms with Gasteiger partial charge in [0.1, 0.15) is 18.5 Å². The molecule has 0 saturated heterocycles. The van der Waals surface area contributed by atoms with Crippen molar-refractivity contribution in [3.05, 3.63) is 131 Å². The quantitative estimate of drug-likeness (QED) is 0.117. The van der Waals surface area contributed by atoms with Crippen LogP contribution in [0.4, 0.5) is 9.59 Å². The summed E-state index contributed by atoms with van der Waals surface area (Å²) in [6, 6.07) is 25.1. The number of aliphatic carboxylic acids is 1. The number of carbonyl (C=O) groups excluding carboxylic acids is 3. The highest BCUT2D eigenvalue weighted by molar-refractivity contribution is 7.90. The van der Waals surface area contributed by atoms with E-state index in [1.807, 2.05) is 18.2 Å². The van der Waals surface area contributed by atoms with E-state index in [0.717, 1.165) is 5.52 Å². The van der Waals surface area contributed by atoms with E-state index >= 15 is 0 Å². The van der Waals surface area contributed by atoms with Crippen LogP contribution in [0.25, 0.3) is 11.0 Å². The second-order valence-electron chi connectivity index (χ2n) is 10.9. The van der Waals surface area contributed by atoms with E-state index in [-0.39, 0.29) is 30.2 Å². The predicted molar refractivity (Wildman–Crippen MR) is 182 cm³/mol. The van der Waals surface area contributed by atoms with Gasteiger partial charge in [0.15, 0.2) is 0 Å². The zero-order valence-corrected chi connectivity index (χ0v) is 27.8. The molecule has 5 aromatic rings. The fourth-order valence-electron chi connectivity index (χ4n) is 4.70. The van der Waals surface area contributed by atoms with E-state index in [0.29, 0.717) is 27.5 Å². The van der Waals surface area contributed by atoms with Gasteiger partial charge >= 0.3 is 18.1 Å². The van der Waals surface area contributed by atoms with Gasteiger partial charge in [0.25, 0.3) is 15.9 Å². The van der Waals surface area contributed by atoms with Gasteiger partial charge in [0, 0.05) is 23.7 Å². The highest BCUT2D eigenvalue weighted by atomic mass is 35.5. The van der Waals surface area contributed by atoms with Crippen molar-refractivity contribution < 1.29 is 37.4 Å². The first-order valence-electron chi connectivity index (χ1n) is 15.0. The highest BCUT2D eigenvalue weighted by Gasteiger charge is 2.25. The lowest BCUT2D eigenvalue weighted by Crippen LogP contribution is -2.48. The molecule has 1 atom stereocenters. The fraction of sp³-hybridized carbons (Fsp3) is 0.147. The van der Waals surface area contributed by atoms with E-state index in [4.69, 9.17) is 16.3 Å². The molecule has 0 unspecified atom stereocenters. The minimum absolute atomic E-state index is 0.0623. The van der Waals surface area contributed by atoms with Crippen molar-refractivity contribution in [1.29, 1.82) is 0 Å². The molecule has 5 N–H and O–H groups in total. The molecule has 0 aliphatic rings. The monoisotopic (exact) mass is 718 g/mol. The number of carbonyl (C=O) groups is 4. The molecule has 4 aromatic carbocycles. The maximum atomic E-state index is 13.4. The molecule has 5 rings (SSSR count). The number of fused-ring (bicyclic) bond motifs is 1. The largest absolute Gasteiger partial charge is 0.480 e. The normalized spacial score (nSPS) is 11.7. The second kappa shape index (κ2) is 16.0. The summed E-state index contributed by atoms with van der Waals surface area (Å²) in [5.41, 5.74) is 2.83. The standard InChI is InChI=1S/C34H31ClN6O8S/c35-25-14-16-26(17-15-25)50(47,48)40-33(45)41(20-30-37-27-8-4-5-9-28(27)38-30)19-22-10-12-24(13-11-22)31(42)36-18-29(32(43)44)39-34(46)49-21-23-6-2-1-3-7-23/h1-17,29H,18-21H2,(H,36,42)(H,37,38)(H,39,46)(H,40,45)(H,43,44)/t29-/m0/s1. The van der Waals surface area contributed by atoms with E-state index in [2.05, 4.69) is 25.3 Å². The maximum absolute atomic E-state index is 13.4. The van der Waals surface area contributed by atoms with Gasteiger partial charge in [-0.15, -0.1) is 0 Å². The van der Waals surface area contributed by atoms with Gasteiger partial charge in [0.05, 0.1) is 22.5 Å². The number of halogens is 1. The van der Waals surface area contributed by atoms with Crippen molar-refractivity contribution in [2.24, 2.45) is 0 Å². The van der Waals surface area contributed by atoms with Gasteiger partial charge in [-0.3, -0.25) is 4.79 Å². The number of carboxylic acid groups (broad SMARTS) is 1. The van der Waals surface area contributed by atoms with Gasteiger partial charge in [0.2, 0.25) is 0 Å². The lowest BCUT2D eigenvalue weighted by atomic mass is 10.1. The third kappa shape index (κ3) is 9.58. The Kier molecular flexibility index (Phi) is 11.3. The lowest BCUT2D eigenvalue weighted by molar-refractivity contribution is -0.139. The number of nitrogens with zero attached hydrogens (tertiary/aromatic N) is 2. The maximum Gasteiger partial charge on any atom is 0.408 e. The van der Waals surface area contributed by atoms with Crippen molar-refractivity contribution in [3.63, 3.8) is 0 Å². The van der Waals surface area contributed by atoms with E-state index < -0.39 is 46.6 Å². The Balaban J connectivity index is 1.23. The van der Waals surface area contributed by atoms with Gasteiger partial charge in [-0.25, -0.2) is 32.5 Å². The van der Waals surface area contributed by atoms with Crippen molar-refractivity contribution >= 4 is 56.7 Å². The molecule has 50 heavy (non-hydrogen) atoms. The smallest absolute Gasteiger partial charge is 0.408 e. The highest BCUT2D eigenvalue weighted by Crippen LogP contribution is 2.17. The first kappa shape index (κ1) is 35.4. The predicted octanol–water partition coefficient (Wildman–Crippen LogP) is 4.43. The summed E-state index contributed by atoms with van der Waals surface area (Å²) in [6.45, 7) is -0.648. The molecule has 0 spiro atoms. The summed E-state index contributed by atoms with van der Waals surface area (Å²) in [7, 11) is -4.25. The van der Waals surface area contributed by atoms with Gasteiger partial charge in [-0.2, -0.15) is 0 Å². The number of hydrogen-bond donors (Lipinski definition) is 5. The van der Waals surface area contributed by atoms with Crippen LogP contribution in [0.3, 0.4) is 0 Å². The van der Waals surface area contributed by atoms with Crippen LogP contribution in [0.2, 0.25) is 5.02 Å². The molecule has 0 radical (unpaired) electrons. The number of ether oxygens (including phenoxy) is 1. The third-order valence-electron chi connectivity index (χ3n) is 7.27. The summed E-state index contributed by atoms with van der Waals surface area (Å²) in [6.07, 6.45) is -0.961. The van der Waals surface area contributed by atoms with Gasteiger partial charge < -0.3 is 30.4 Å². The number of carboxylic acids is 1. The van der Waals surface area contributed by atoms with Crippen molar-refractivity contribution in [3.8, 4) is 0 Å². The summed E-state index contributed by atoms with van der Waals surface area (Å²) < 4.78 is 33.1. The first-order chi connectivity index (χ1) is 24.0. The molecule has 4 amide bonds. The number of nitrogens with one attached hydrogen (secondary N) is 4. The van der Waals surface area contributed by atoms with E-state index in [9.17, 15) is 32.7 Å². The van der Waals surface area contributed by atoms with E-state index in [1.54, 1.807) is 48.5 Å². The summed E-state index contributed by atoms with van der Waals surface area (Å²) in [5.74, 6) is -1.59. The van der Waals surface area contributed by atoms with Crippen LogP contribution < -0.4 is 15.4 Å². The molecule has 0 aliphatic heterocycles. The SMILES string of the molecule is O=C(N[C@@H](CNC(=O)c1ccc(CN(Cc2nc3ccccc3[nH]2)C(=O)NS(=O)(=O)c2ccc(Cl)cc2)cc1)C(=O)O)OCc1ccccc1. The Labute approximate surface area is 291 Å². The lowest BCUT2D eigenvalue weighted by Gasteiger charge is -2.22. The second-order valence-corrected chi connectivity index (χ2v) is 13.0. The molecule has 0 fully saturated rings. The number of alkyl carbamates (subject to hydrolysis) is 1. The number of aromatic nitrogens is 2. The van der Waals surface area contributed by atoms with Crippen molar-refractivity contribution in [2.75, 3.05) is 6.54 Å². The number of hydrogen-bond acceptors (Lipinski definition) is 8. The van der Waals surface area contributed by atoms with E-state index in [1.165, 1.54) is 41.3 Å². The Bertz CT molecular complexity index is 2060. The number of urea groups is 1. The third-order valence-corrected chi connectivity index (χ3v) is 8.86. The topological polar surface area (TPSA) is 200 Å². The molecule has 0 saturated carbocycles. The number of rotatable bonds is 13. The van der Waals surface area contributed by atoms with Crippen LogP contribution in [-0.4, -0.2) is 65.0 Å². The van der Waals surface area contributed by atoms with Crippen molar-refractivity contribution in [1.82, 2.24) is 30.2 Å². The Morgan fingerprint density at radius 3 is 2.22 bits per heavy atom. The van der Waals surface area contributed by atoms with Crippen LogP contribution in [0.15, 0.2) is 108 Å². The fourth-order valence-corrected chi connectivity index (χ4v) is 5.80. The molecule has 1 aromatic heterocycles. The minimum atomic E-state index is -4.25. The van der Waals surface area contributed by atoms with Gasteiger partial charge in [-0.05, 0) is 59.7 Å².